The van der Waals surface area contributed by atoms with Gasteiger partial charge in [0.05, 0.1) is 5.56 Å². The van der Waals surface area contributed by atoms with Crippen LogP contribution in [0.1, 0.15) is 53.6 Å². The van der Waals surface area contributed by atoms with Crippen molar-refractivity contribution >= 4 is 5.91 Å². The maximum Gasteiger partial charge on any atom is 0.416 e. The molecule has 0 bridgehead atoms. The zero-order chi connectivity index (χ0) is 17.3. The van der Waals surface area contributed by atoms with E-state index in [0.717, 1.165) is 44.5 Å². The quantitative estimate of drug-likeness (QED) is 0.909. The summed E-state index contributed by atoms with van der Waals surface area (Å²) in [6, 6.07) is 3.77. The third-order valence-corrected chi connectivity index (χ3v) is 5.20. The lowest BCUT2D eigenvalue weighted by Crippen LogP contribution is -2.47. The average Bonchev–Trinajstić information content (AvgIpc) is 3.16. The third-order valence-electron chi connectivity index (χ3n) is 5.20. The number of carbonyl (C=O) groups is 1. The molecule has 2 aliphatic rings. The van der Waals surface area contributed by atoms with Crippen LogP contribution in [-0.2, 0) is 6.18 Å². The standard InChI is InChI=1S/C18H23F3N2O/c1-12-11-13(18(19,20)21)7-8-14(12)17(24)22-15-5-4-6-16(15)23-9-2-3-10-23/h7-8,11,15-16H,2-6,9-10H2,1H3,(H,22,24)/t15-,16+/m0/s1. The van der Waals surface area contributed by atoms with Crippen LogP contribution in [0.4, 0.5) is 13.2 Å². The Morgan fingerprint density at radius 2 is 1.88 bits per heavy atom. The first-order chi connectivity index (χ1) is 11.4. The number of nitrogens with one attached hydrogen (secondary N) is 1. The SMILES string of the molecule is Cc1cc(C(F)(F)F)ccc1C(=O)N[C@H]1CCC[C@H]1N1CCCC1. The van der Waals surface area contributed by atoms with E-state index in [1.165, 1.54) is 18.9 Å². The van der Waals surface area contributed by atoms with Gasteiger partial charge < -0.3 is 5.32 Å². The van der Waals surface area contributed by atoms with E-state index in [4.69, 9.17) is 0 Å². The number of rotatable bonds is 3. The summed E-state index contributed by atoms with van der Waals surface area (Å²) in [6.45, 7) is 3.71. The minimum atomic E-state index is -4.38. The summed E-state index contributed by atoms with van der Waals surface area (Å²) in [5.41, 5.74) is -0.0273. The van der Waals surface area contributed by atoms with Gasteiger partial charge in [-0.15, -0.1) is 0 Å². The fourth-order valence-corrected chi connectivity index (χ4v) is 3.96. The van der Waals surface area contributed by atoms with Crippen LogP contribution in [0.5, 0.6) is 0 Å². The second-order valence-electron chi connectivity index (χ2n) is 6.85. The number of aryl methyl sites for hydroxylation is 1. The van der Waals surface area contributed by atoms with Crippen molar-refractivity contribution in [3.63, 3.8) is 0 Å². The van der Waals surface area contributed by atoms with Crippen LogP contribution in [0.2, 0.25) is 0 Å². The maximum absolute atomic E-state index is 12.7. The molecule has 3 rings (SSSR count). The highest BCUT2D eigenvalue weighted by Crippen LogP contribution is 2.31. The molecule has 1 aromatic rings. The van der Waals surface area contributed by atoms with E-state index >= 15 is 0 Å². The van der Waals surface area contributed by atoms with Gasteiger partial charge in [-0.25, -0.2) is 0 Å². The molecular weight excluding hydrogens is 317 g/mol. The first-order valence-corrected chi connectivity index (χ1v) is 8.59. The molecule has 24 heavy (non-hydrogen) atoms. The molecule has 1 saturated heterocycles. The number of amides is 1. The van der Waals surface area contributed by atoms with Crippen LogP contribution < -0.4 is 5.32 Å². The summed E-state index contributed by atoms with van der Waals surface area (Å²) in [6.07, 6.45) is 1.12. The predicted molar refractivity (Wildman–Crippen MR) is 85.9 cm³/mol. The molecule has 0 unspecified atom stereocenters. The van der Waals surface area contributed by atoms with Crippen molar-refractivity contribution in [3.05, 3.63) is 34.9 Å². The molecule has 3 nitrogen and oxygen atoms in total. The molecule has 132 valence electrons. The number of hydrogen-bond donors (Lipinski definition) is 1. The highest BCUT2D eigenvalue weighted by atomic mass is 19.4. The normalized spacial score (nSPS) is 25.2. The molecule has 1 amide bonds. The van der Waals surface area contributed by atoms with Gasteiger partial charge >= 0.3 is 6.18 Å². The molecule has 1 N–H and O–H groups in total. The molecule has 1 aromatic carbocycles. The van der Waals surface area contributed by atoms with Crippen LogP contribution in [0.25, 0.3) is 0 Å². The van der Waals surface area contributed by atoms with Crippen LogP contribution in [0.3, 0.4) is 0 Å². The van der Waals surface area contributed by atoms with E-state index in [-0.39, 0.29) is 11.9 Å². The van der Waals surface area contributed by atoms with Crippen molar-refractivity contribution in [1.29, 1.82) is 0 Å². The van der Waals surface area contributed by atoms with Gasteiger partial charge in [0.2, 0.25) is 0 Å². The van der Waals surface area contributed by atoms with Crippen molar-refractivity contribution in [1.82, 2.24) is 10.2 Å². The Kier molecular flexibility index (Phi) is 4.85. The lowest BCUT2D eigenvalue weighted by atomic mass is 10.0. The van der Waals surface area contributed by atoms with E-state index in [1.807, 2.05) is 0 Å². The number of likely N-dealkylation sites (tertiary alicyclic amines) is 1. The summed E-state index contributed by atoms with van der Waals surface area (Å²) >= 11 is 0. The fourth-order valence-electron chi connectivity index (χ4n) is 3.96. The van der Waals surface area contributed by atoms with Gasteiger partial charge in [0.1, 0.15) is 0 Å². The molecule has 0 aromatic heterocycles. The smallest absolute Gasteiger partial charge is 0.348 e. The molecule has 1 saturated carbocycles. The van der Waals surface area contributed by atoms with Crippen LogP contribution >= 0.6 is 0 Å². The van der Waals surface area contributed by atoms with E-state index in [1.54, 1.807) is 6.92 Å². The molecule has 0 radical (unpaired) electrons. The number of halogens is 3. The topological polar surface area (TPSA) is 32.3 Å². The molecular formula is C18H23F3N2O. The van der Waals surface area contributed by atoms with E-state index in [2.05, 4.69) is 10.2 Å². The largest absolute Gasteiger partial charge is 0.416 e. The first kappa shape index (κ1) is 17.3. The van der Waals surface area contributed by atoms with Crippen LogP contribution in [0, 0.1) is 6.92 Å². The van der Waals surface area contributed by atoms with E-state index < -0.39 is 11.7 Å². The van der Waals surface area contributed by atoms with Gasteiger partial charge in [0.15, 0.2) is 0 Å². The zero-order valence-electron chi connectivity index (χ0n) is 13.8. The Bertz CT molecular complexity index is 609. The molecule has 2 fully saturated rings. The second-order valence-corrected chi connectivity index (χ2v) is 6.85. The van der Waals surface area contributed by atoms with Gasteiger partial charge in [-0.2, -0.15) is 13.2 Å². The third kappa shape index (κ3) is 3.58. The summed E-state index contributed by atoms with van der Waals surface area (Å²) in [4.78, 5) is 15.0. The number of hydrogen-bond acceptors (Lipinski definition) is 2. The Balaban J connectivity index is 1.70. The summed E-state index contributed by atoms with van der Waals surface area (Å²) < 4.78 is 38.2. The molecule has 0 spiro atoms. The number of benzene rings is 1. The van der Waals surface area contributed by atoms with Crippen molar-refractivity contribution in [2.75, 3.05) is 13.1 Å². The fraction of sp³-hybridized carbons (Fsp3) is 0.611. The van der Waals surface area contributed by atoms with Gasteiger partial charge in [-0.05, 0) is 75.9 Å². The first-order valence-electron chi connectivity index (χ1n) is 8.59. The van der Waals surface area contributed by atoms with E-state index in [9.17, 15) is 18.0 Å². The van der Waals surface area contributed by atoms with Gasteiger partial charge in [0, 0.05) is 17.6 Å². The van der Waals surface area contributed by atoms with Gasteiger partial charge in [-0.1, -0.05) is 0 Å². The van der Waals surface area contributed by atoms with Gasteiger partial charge in [0.25, 0.3) is 5.91 Å². The molecule has 6 heteroatoms. The maximum atomic E-state index is 12.7. The molecule has 2 atom stereocenters. The van der Waals surface area contributed by atoms with E-state index in [0.29, 0.717) is 17.2 Å². The Labute approximate surface area is 140 Å². The lowest BCUT2D eigenvalue weighted by Gasteiger charge is -2.29. The Hall–Kier alpha value is -1.56. The molecule has 1 heterocycles. The molecule has 1 aliphatic heterocycles. The summed E-state index contributed by atoms with van der Waals surface area (Å²) in [5, 5.41) is 3.06. The van der Waals surface area contributed by atoms with Gasteiger partial charge in [-0.3, -0.25) is 9.69 Å². The summed E-state index contributed by atoms with van der Waals surface area (Å²) in [5.74, 6) is -0.266. The monoisotopic (exact) mass is 340 g/mol. The Morgan fingerprint density at radius 3 is 2.50 bits per heavy atom. The average molecular weight is 340 g/mol. The predicted octanol–water partition coefficient (Wildman–Crippen LogP) is 3.76. The van der Waals surface area contributed by atoms with Crippen molar-refractivity contribution in [2.45, 2.75) is 57.3 Å². The highest BCUT2D eigenvalue weighted by molar-refractivity contribution is 5.96. The number of nitrogens with zero attached hydrogens (tertiary/aromatic N) is 1. The minimum Gasteiger partial charge on any atom is -0.348 e. The number of carbonyl (C=O) groups excluding carboxylic acids is 1. The molecule has 1 aliphatic carbocycles. The van der Waals surface area contributed by atoms with Crippen molar-refractivity contribution in [3.8, 4) is 0 Å². The van der Waals surface area contributed by atoms with Crippen molar-refractivity contribution in [2.24, 2.45) is 0 Å². The second kappa shape index (κ2) is 6.75. The zero-order valence-corrected chi connectivity index (χ0v) is 13.8. The van der Waals surface area contributed by atoms with Crippen LogP contribution in [-0.4, -0.2) is 36.0 Å². The lowest BCUT2D eigenvalue weighted by molar-refractivity contribution is -0.137. The summed E-state index contributed by atoms with van der Waals surface area (Å²) in [7, 11) is 0. The Morgan fingerprint density at radius 1 is 1.17 bits per heavy atom. The van der Waals surface area contributed by atoms with Crippen molar-refractivity contribution < 1.29 is 18.0 Å². The minimum absolute atomic E-state index is 0.0947. The highest BCUT2D eigenvalue weighted by Gasteiger charge is 2.35. The van der Waals surface area contributed by atoms with Crippen LogP contribution in [0.15, 0.2) is 18.2 Å². The number of alkyl halides is 3.